The molecule has 0 aromatic carbocycles. The molecule has 3 rings (SSSR count). The Labute approximate surface area is 118 Å². The Balaban J connectivity index is 1.38. The molecule has 19 heavy (non-hydrogen) atoms. The van der Waals surface area contributed by atoms with Crippen molar-refractivity contribution in [3.05, 3.63) is 0 Å². The molecule has 3 heterocycles. The highest BCUT2D eigenvalue weighted by Gasteiger charge is 2.34. The molecule has 3 fully saturated rings. The molecule has 0 aliphatic carbocycles. The first-order valence-corrected chi connectivity index (χ1v) is 8.49. The normalized spacial score (nSPS) is 34.6. The first-order valence-electron chi connectivity index (χ1n) is 8.49. The predicted molar refractivity (Wildman–Crippen MR) is 80.5 cm³/mol. The van der Waals surface area contributed by atoms with Crippen LogP contribution in [0.5, 0.6) is 0 Å². The Hall–Kier alpha value is -0.120. The van der Waals surface area contributed by atoms with Gasteiger partial charge in [-0.3, -0.25) is 4.90 Å². The van der Waals surface area contributed by atoms with Crippen LogP contribution in [0.25, 0.3) is 0 Å². The van der Waals surface area contributed by atoms with Gasteiger partial charge in [0, 0.05) is 25.2 Å². The smallest absolute Gasteiger partial charge is 0.0223 e. The van der Waals surface area contributed by atoms with Gasteiger partial charge in [-0.1, -0.05) is 12.8 Å². The van der Waals surface area contributed by atoms with Crippen molar-refractivity contribution >= 4 is 0 Å². The molecule has 0 aromatic heterocycles. The summed E-state index contributed by atoms with van der Waals surface area (Å²) in [6.45, 7) is 8.03. The molecule has 0 radical (unpaired) electrons. The SMILES string of the molecule is CN1C2CCCC1CN(CCCN1CCCCC1)C2. The summed E-state index contributed by atoms with van der Waals surface area (Å²) >= 11 is 0. The maximum Gasteiger partial charge on any atom is 0.0223 e. The van der Waals surface area contributed by atoms with Crippen molar-refractivity contribution in [1.29, 1.82) is 0 Å². The van der Waals surface area contributed by atoms with Crippen LogP contribution in [0.3, 0.4) is 0 Å². The van der Waals surface area contributed by atoms with Crippen LogP contribution in [0.4, 0.5) is 0 Å². The molecule has 0 saturated carbocycles. The lowest BCUT2D eigenvalue weighted by Crippen LogP contribution is -2.59. The summed E-state index contributed by atoms with van der Waals surface area (Å²) in [6, 6.07) is 1.70. The van der Waals surface area contributed by atoms with Crippen LogP contribution in [0, 0.1) is 0 Å². The van der Waals surface area contributed by atoms with Crippen LogP contribution in [0.1, 0.15) is 44.9 Å². The Morgan fingerprint density at radius 1 is 0.789 bits per heavy atom. The molecule has 2 unspecified atom stereocenters. The van der Waals surface area contributed by atoms with E-state index in [2.05, 4.69) is 21.7 Å². The van der Waals surface area contributed by atoms with Crippen LogP contribution in [-0.2, 0) is 0 Å². The second-order valence-corrected chi connectivity index (χ2v) is 6.92. The van der Waals surface area contributed by atoms with Crippen LogP contribution in [0.15, 0.2) is 0 Å². The number of piperazine rings is 1. The number of piperidine rings is 2. The molecule has 0 spiro atoms. The molecule has 3 aliphatic rings. The summed E-state index contributed by atoms with van der Waals surface area (Å²) in [5, 5.41) is 0. The second-order valence-electron chi connectivity index (χ2n) is 6.92. The van der Waals surface area contributed by atoms with Gasteiger partial charge in [0.2, 0.25) is 0 Å². The third kappa shape index (κ3) is 3.50. The third-order valence-electron chi connectivity index (χ3n) is 5.56. The minimum Gasteiger partial charge on any atom is -0.303 e. The Morgan fingerprint density at radius 3 is 2.11 bits per heavy atom. The molecule has 3 nitrogen and oxygen atoms in total. The Bertz CT molecular complexity index is 261. The summed E-state index contributed by atoms with van der Waals surface area (Å²) in [7, 11) is 2.35. The van der Waals surface area contributed by atoms with Gasteiger partial charge >= 0.3 is 0 Å². The molecule has 0 N–H and O–H groups in total. The maximum absolute atomic E-state index is 2.75. The van der Waals surface area contributed by atoms with E-state index in [1.807, 2.05) is 0 Å². The maximum atomic E-state index is 2.75. The van der Waals surface area contributed by atoms with E-state index >= 15 is 0 Å². The van der Waals surface area contributed by atoms with Crippen molar-refractivity contribution in [1.82, 2.24) is 14.7 Å². The summed E-state index contributed by atoms with van der Waals surface area (Å²) in [5.41, 5.74) is 0. The predicted octanol–water partition coefficient (Wildman–Crippen LogP) is 2.03. The summed E-state index contributed by atoms with van der Waals surface area (Å²) in [4.78, 5) is 8.09. The second kappa shape index (κ2) is 6.55. The fourth-order valence-electron chi connectivity index (χ4n) is 4.29. The van der Waals surface area contributed by atoms with Crippen molar-refractivity contribution in [3.63, 3.8) is 0 Å². The summed E-state index contributed by atoms with van der Waals surface area (Å²) in [5.74, 6) is 0. The van der Waals surface area contributed by atoms with E-state index < -0.39 is 0 Å². The van der Waals surface area contributed by atoms with E-state index in [-0.39, 0.29) is 0 Å². The molecule has 3 aliphatic heterocycles. The topological polar surface area (TPSA) is 9.72 Å². The minimum absolute atomic E-state index is 0.850. The van der Waals surface area contributed by atoms with E-state index in [0.717, 1.165) is 12.1 Å². The van der Waals surface area contributed by atoms with Crippen molar-refractivity contribution in [2.24, 2.45) is 0 Å². The van der Waals surface area contributed by atoms with Gasteiger partial charge in [-0.05, 0) is 65.3 Å². The van der Waals surface area contributed by atoms with Gasteiger partial charge in [0.15, 0.2) is 0 Å². The van der Waals surface area contributed by atoms with E-state index in [9.17, 15) is 0 Å². The van der Waals surface area contributed by atoms with Gasteiger partial charge in [0.05, 0.1) is 0 Å². The lowest BCUT2D eigenvalue weighted by molar-refractivity contribution is 0.00852. The first kappa shape index (κ1) is 13.8. The van der Waals surface area contributed by atoms with Gasteiger partial charge in [0.25, 0.3) is 0 Å². The van der Waals surface area contributed by atoms with Crippen molar-refractivity contribution in [2.45, 2.75) is 57.0 Å². The molecule has 3 heteroatoms. The van der Waals surface area contributed by atoms with Crippen molar-refractivity contribution in [2.75, 3.05) is 46.3 Å². The van der Waals surface area contributed by atoms with E-state index in [4.69, 9.17) is 0 Å². The quantitative estimate of drug-likeness (QED) is 0.770. The van der Waals surface area contributed by atoms with Crippen LogP contribution < -0.4 is 0 Å². The number of nitrogens with zero attached hydrogens (tertiary/aromatic N) is 3. The largest absolute Gasteiger partial charge is 0.303 e. The molecule has 2 bridgehead atoms. The first-order chi connectivity index (χ1) is 9.33. The average Bonchev–Trinajstić information content (AvgIpc) is 2.41. The fourth-order valence-corrected chi connectivity index (χ4v) is 4.29. The molecule has 0 amide bonds. The Morgan fingerprint density at radius 2 is 1.42 bits per heavy atom. The van der Waals surface area contributed by atoms with E-state index in [1.54, 1.807) is 0 Å². The van der Waals surface area contributed by atoms with Crippen molar-refractivity contribution in [3.8, 4) is 0 Å². The van der Waals surface area contributed by atoms with E-state index in [0.29, 0.717) is 0 Å². The number of likely N-dealkylation sites (tertiary alicyclic amines) is 2. The molecular weight excluding hydrogens is 234 g/mol. The molecular formula is C16H31N3. The molecule has 110 valence electrons. The number of rotatable bonds is 4. The monoisotopic (exact) mass is 265 g/mol. The minimum atomic E-state index is 0.850. The average molecular weight is 265 g/mol. The fraction of sp³-hybridized carbons (Fsp3) is 1.00. The molecule has 2 atom stereocenters. The standard InChI is InChI=1S/C16H31N3/c1-17-15-7-5-8-16(17)14-19(13-15)12-6-11-18-9-3-2-4-10-18/h15-16H,2-14H2,1H3. The zero-order valence-electron chi connectivity index (χ0n) is 12.7. The van der Waals surface area contributed by atoms with Gasteiger partial charge in [0.1, 0.15) is 0 Å². The van der Waals surface area contributed by atoms with Gasteiger partial charge in [-0.15, -0.1) is 0 Å². The number of hydrogen-bond acceptors (Lipinski definition) is 3. The van der Waals surface area contributed by atoms with Crippen molar-refractivity contribution < 1.29 is 0 Å². The summed E-state index contributed by atoms with van der Waals surface area (Å²) in [6.07, 6.45) is 10.0. The Kier molecular flexibility index (Phi) is 4.78. The highest BCUT2D eigenvalue weighted by molar-refractivity contribution is 4.91. The lowest BCUT2D eigenvalue weighted by Gasteiger charge is -2.48. The molecule has 0 aromatic rings. The highest BCUT2D eigenvalue weighted by Crippen LogP contribution is 2.27. The zero-order chi connectivity index (χ0) is 13.1. The number of fused-ring (bicyclic) bond motifs is 2. The van der Waals surface area contributed by atoms with Crippen LogP contribution in [-0.4, -0.2) is 73.1 Å². The van der Waals surface area contributed by atoms with Crippen LogP contribution >= 0.6 is 0 Å². The zero-order valence-corrected chi connectivity index (χ0v) is 12.7. The summed E-state index contributed by atoms with van der Waals surface area (Å²) < 4.78 is 0. The number of hydrogen-bond donors (Lipinski definition) is 0. The highest BCUT2D eigenvalue weighted by atomic mass is 15.3. The van der Waals surface area contributed by atoms with Crippen LogP contribution in [0.2, 0.25) is 0 Å². The molecule has 3 saturated heterocycles. The third-order valence-corrected chi connectivity index (χ3v) is 5.56. The van der Waals surface area contributed by atoms with E-state index in [1.165, 1.54) is 84.2 Å². The van der Waals surface area contributed by atoms with Gasteiger partial charge < -0.3 is 9.80 Å². The lowest BCUT2D eigenvalue weighted by atomic mass is 9.92. The number of likely N-dealkylation sites (N-methyl/N-ethyl adjacent to an activating group) is 1. The van der Waals surface area contributed by atoms with Gasteiger partial charge in [-0.25, -0.2) is 0 Å². The van der Waals surface area contributed by atoms with Gasteiger partial charge in [-0.2, -0.15) is 0 Å².